The lowest BCUT2D eigenvalue weighted by Gasteiger charge is -2.02. The summed E-state index contributed by atoms with van der Waals surface area (Å²) in [6.45, 7) is 1.72. The molecule has 112 valence electrons. The van der Waals surface area contributed by atoms with Gasteiger partial charge in [-0.2, -0.15) is 0 Å². The van der Waals surface area contributed by atoms with E-state index in [1.54, 1.807) is 25.1 Å². The molecule has 0 bridgehead atoms. The van der Waals surface area contributed by atoms with E-state index in [1.807, 2.05) is 6.07 Å². The van der Waals surface area contributed by atoms with E-state index in [0.717, 1.165) is 16.8 Å². The second kappa shape index (κ2) is 5.82. The molecule has 8 heteroatoms. The van der Waals surface area contributed by atoms with Crippen LogP contribution in [0.15, 0.2) is 29.2 Å². The Hall–Kier alpha value is -1.93. The summed E-state index contributed by atoms with van der Waals surface area (Å²) < 4.78 is 23.1. The van der Waals surface area contributed by atoms with Crippen LogP contribution < -0.4 is 5.32 Å². The molecule has 6 nitrogen and oxygen atoms in total. The second-order valence-electron chi connectivity index (χ2n) is 4.55. The fourth-order valence-corrected chi connectivity index (χ4v) is 3.48. The van der Waals surface area contributed by atoms with Crippen molar-refractivity contribution in [2.24, 2.45) is 0 Å². The fourth-order valence-electron chi connectivity index (χ4n) is 1.80. The number of amides is 1. The standard InChI is InChI=1S/C13H14N2O4S2/c1-8-12(15-13(16)17)20-11(14-8)7-9-4-3-5-10(6-9)21(2,18)19/h3-6,15H,7H2,1-2H3,(H,16,17). The summed E-state index contributed by atoms with van der Waals surface area (Å²) in [6, 6.07) is 6.65. The molecule has 1 amide bonds. The molecule has 0 radical (unpaired) electrons. The van der Waals surface area contributed by atoms with Gasteiger partial charge in [-0.05, 0) is 24.6 Å². The quantitative estimate of drug-likeness (QED) is 0.900. The molecule has 21 heavy (non-hydrogen) atoms. The summed E-state index contributed by atoms with van der Waals surface area (Å²) in [7, 11) is -3.24. The van der Waals surface area contributed by atoms with Gasteiger partial charge in [0.15, 0.2) is 9.84 Å². The van der Waals surface area contributed by atoms with E-state index in [2.05, 4.69) is 10.3 Å². The van der Waals surface area contributed by atoms with Crippen molar-refractivity contribution in [2.45, 2.75) is 18.2 Å². The van der Waals surface area contributed by atoms with Gasteiger partial charge in [0.1, 0.15) is 5.00 Å². The zero-order valence-electron chi connectivity index (χ0n) is 11.5. The van der Waals surface area contributed by atoms with Gasteiger partial charge < -0.3 is 5.11 Å². The molecule has 2 aromatic rings. The maximum absolute atomic E-state index is 11.5. The normalized spacial score (nSPS) is 11.3. The van der Waals surface area contributed by atoms with Crippen LogP contribution in [-0.4, -0.2) is 30.9 Å². The number of sulfone groups is 1. The van der Waals surface area contributed by atoms with Gasteiger partial charge in [0, 0.05) is 12.7 Å². The van der Waals surface area contributed by atoms with Crippen molar-refractivity contribution in [1.82, 2.24) is 4.98 Å². The molecule has 2 rings (SSSR count). The number of aromatic nitrogens is 1. The van der Waals surface area contributed by atoms with Crippen molar-refractivity contribution >= 4 is 32.3 Å². The van der Waals surface area contributed by atoms with Crippen LogP contribution in [0.4, 0.5) is 9.80 Å². The first-order chi connectivity index (χ1) is 9.75. The summed E-state index contributed by atoms with van der Waals surface area (Å²) in [5.74, 6) is 0. The lowest BCUT2D eigenvalue weighted by molar-refractivity contribution is 0.210. The lowest BCUT2D eigenvalue weighted by atomic mass is 10.2. The van der Waals surface area contributed by atoms with Crippen molar-refractivity contribution in [3.05, 3.63) is 40.5 Å². The van der Waals surface area contributed by atoms with Gasteiger partial charge in [-0.25, -0.2) is 18.2 Å². The van der Waals surface area contributed by atoms with Crippen molar-refractivity contribution < 1.29 is 18.3 Å². The van der Waals surface area contributed by atoms with Gasteiger partial charge >= 0.3 is 6.09 Å². The zero-order chi connectivity index (χ0) is 15.6. The zero-order valence-corrected chi connectivity index (χ0v) is 13.1. The summed E-state index contributed by atoms with van der Waals surface area (Å²) in [5.41, 5.74) is 1.42. The number of aryl methyl sites for hydroxylation is 1. The first-order valence-corrected chi connectivity index (χ1v) is 8.72. The van der Waals surface area contributed by atoms with Crippen LogP contribution in [-0.2, 0) is 16.3 Å². The van der Waals surface area contributed by atoms with E-state index in [0.29, 0.717) is 17.1 Å². The van der Waals surface area contributed by atoms with Crippen LogP contribution in [0.5, 0.6) is 0 Å². The molecule has 0 saturated carbocycles. The van der Waals surface area contributed by atoms with E-state index in [4.69, 9.17) is 5.11 Å². The molecule has 0 saturated heterocycles. The Balaban J connectivity index is 2.25. The molecule has 0 atom stereocenters. The van der Waals surface area contributed by atoms with Gasteiger partial charge in [-0.15, -0.1) is 11.3 Å². The number of nitrogens with zero attached hydrogens (tertiary/aromatic N) is 1. The number of nitrogens with one attached hydrogen (secondary N) is 1. The van der Waals surface area contributed by atoms with Gasteiger partial charge in [-0.3, -0.25) is 5.32 Å². The van der Waals surface area contributed by atoms with Crippen molar-refractivity contribution in [3.8, 4) is 0 Å². The predicted octanol–water partition coefficient (Wildman–Crippen LogP) is 2.54. The maximum Gasteiger partial charge on any atom is 0.409 e. The van der Waals surface area contributed by atoms with Gasteiger partial charge in [0.2, 0.25) is 0 Å². The highest BCUT2D eigenvalue weighted by Gasteiger charge is 2.12. The van der Waals surface area contributed by atoms with Crippen LogP contribution in [0.25, 0.3) is 0 Å². The largest absolute Gasteiger partial charge is 0.465 e. The third-order valence-electron chi connectivity index (χ3n) is 2.74. The third-order valence-corrected chi connectivity index (χ3v) is 4.93. The number of rotatable bonds is 4. The molecule has 0 spiro atoms. The monoisotopic (exact) mass is 326 g/mol. The summed E-state index contributed by atoms with van der Waals surface area (Å²) in [6.07, 6.45) is 0.484. The SMILES string of the molecule is Cc1nc(Cc2cccc(S(C)(=O)=O)c2)sc1NC(=O)O. The number of carbonyl (C=O) groups is 1. The highest BCUT2D eigenvalue weighted by Crippen LogP contribution is 2.26. The number of benzene rings is 1. The number of hydrogen-bond donors (Lipinski definition) is 2. The summed E-state index contributed by atoms with van der Waals surface area (Å²) in [5, 5.41) is 12.2. The lowest BCUT2D eigenvalue weighted by Crippen LogP contribution is -2.06. The smallest absolute Gasteiger partial charge is 0.409 e. The molecule has 1 heterocycles. The number of hydrogen-bond acceptors (Lipinski definition) is 5. The van der Waals surface area contributed by atoms with Gasteiger partial charge in [-0.1, -0.05) is 12.1 Å². The van der Waals surface area contributed by atoms with Crippen LogP contribution in [0.3, 0.4) is 0 Å². The Kier molecular flexibility index (Phi) is 4.29. The first kappa shape index (κ1) is 15.5. The van der Waals surface area contributed by atoms with Gasteiger partial charge in [0.05, 0.1) is 15.6 Å². The highest BCUT2D eigenvalue weighted by atomic mass is 32.2. The van der Waals surface area contributed by atoms with Crippen molar-refractivity contribution in [1.29, 1.82) is 0 Å². The number of carboxylic acid groups (broad SMARTS) is 1. The minimum absolute atomic E-state index is 0.261. The summed E-state index contributed by atoms with van der Waals surface area (Å²) >= 11 is 1.24. The van der Waals surface area contributed by atoms with Crippen LogP contribution in [0, 0.1) is 6.92 Å². The van der Waals surface area contributed by atoms with Crippen LogP contribution in [0.1, 0.15) is 16.3 Å². The second-order valence-corrected chi connectivity index (χ2v) is 7.65. The van der Waals surface area contributed by atoms with E-state index in [1.165, 1.54) is 11.3 Å². The number of thiazole rings is 1. The average Bonchev–Trinajstić information content (AvgIpc) is 2.68. The molecular formula is C13H14N2O4S2. The Morgan fingerprint density at radius 2 is 2.14 bits per heavy atom. The molecule has 1 aromatic heterocycles. The fraction of sp³-hybridized carbons (Fsp3) is 0.231. The van der Waals surface area contributed by atoms with E-state index in [9.17, 15) is 13.2 Å². The van der Waals surface area contributed by atoms with E-state index >= 15 is 0 Å². The van der Waals surface area contributed by atoms with Crippen LogP contribution in [0.2, 0.25) is 0 Å². The minimum atomic E-state index is -3.24. The number of anilines is 1. The molecule has 2 N–H and O–H groups in total. The molecule has 0 unspecified atom stereocenters. The van der Waals surface area contributed by atoms with Crippen molar-refractivity contribution in [2.75, 3.05) is 11.6 Å². The van der Waals surface area contributed by atoms with Crippen molar-refractivity contribution in [3.63, 3.8) is 0 Å². The Morgan fingerprint density at radius 1 is 1.43 bits per heavy atom. The molecule has 0 aliphatic rings. The molecule has 0 fully saturated rings. The third kappa shape index (κ3) is 4.02. The van der Waals surface area contributed by atoms with Crippen LogP contribution >= 0.6 is 11.3 Å². The first-order valence-electron chi connectivity index (χ1n) is 6.01. The Morgan fingerprint density at radius 3 is 2.76 bits per heavy atom. The minimum Gasteiger partial charge on any atom is -0.465 e. The topological polar surface area (TPSA) is 96.4 Å². The van der Waals surface area contributed by atoms with E-state index < -0.39 is 15.9 Å². The maximum atomic E-state index is 11.5. The molecule has 0 aliphatic carbocycles. The molecule has 0 aliphatic heterocycles. The predicted molar refractivity (Wildman–Crippen MR) is 80.9 cm³/mol. The molecular weight excluding hydrogens is 312 g/mol. The highest BCUT2D eigenvalue weighted by molar-refractivity contribution is 7.90. The average molecular weight is 326 g/mol. The molecule has 1 aromatic carbocycles. The Bertz CT molecular complexity index is 781. The van der Waals surface area contributed by atoms with Gasteiger partial charge in [0.25, 0.3) is 0 Å². The summed E-state index contributed by atoms with van der Waals surface area (Å²) in [4.78, 5) is 15.2. The Labute approximate surface area is 126 Å². The van der Waals surface area contributed by atoms with E-state index in [-0.39, 0.29) is 4.90 Å².